The fourth-order valence-corrected chi connectivity index (χ4v) is 0.718. The van der Waals surface area contributed by atoms with Gasteiger partial charge in [0.15, 0.2) is 0 Å². The molecule has 0 amide bonds. The van der Waals surface area contributed by atoms with Gasteiger partial charge >= 0.3 is 0 Å². The molecule has 1 heterocycles. The molecule has 0 radical (unpaired) electrons. The van der Waals surface area contributed by atoms with E-state index in [9.17, 15) is 0 Å². The highest BCUT2D eigenvalue weighted by molar-refractivity contribution is 5.08. The third-order valence-corrected chi connectivity index (χ3v) is 1.24. The minimum Gasteiger partial charge on any atom is -0.386 e. The summed E-state index contributed by atoms with van der Waals surface area (Å²) in [4.78, 5) is 3.95. The quantitative estimate of drug-likeness (QED) is 0.661. The lowest BCUT2D eigenvalue weighted by Gasteiger charge is -2.02. The van der Waals surface area contributed by atoms with E-state index in [1.807, 2.05) is 12.1 Å². The molecule has 0 aromatic carbocycles. The zero-order valence-electron chi connectivity index (χ0n) is 6.25. The van der Waals surface area contributed by atoms with E-state index in [1.54, 1.807) is 12.4 Å². The average molecular weight is 149 g/mol. The fraction of sp³-hybridized carbons (Fsp3) is 0.125. The lowest BCUT2D eigenvalue weighted by molar-refractivity contribution is 0.800. The number of hydrogen-bond donors (Lipinski definition) is 2. The molecule has 1 aromatic rings. The molecule has 0 fully saturated rings. The Bertz CT molecular complexity index is 230. The largest absolute Gasteiger partial charge is 0.386 e. The van der Waals surface area contributed by atoms with Gasteiger partial charge in [0.2, 0.25) is 0 Å². The zero-order valence-corrected chi connectivity index (χ0v) is 6.25. The number of rotatable bonds is 3. The monoisotopic (exact) mass is 149 g/mol. The molecule has 0 aliphatic rings. The van der Waals surface area contributed by atoms with E-state index in [0.717, 1.165) is 5.56 Å². The number of pyridine rings is 1. The molecule has 3 nitrogen and oxygen atoms in total. The van der Waals surface area contributed by atoms with Crippen LogP contribution in [0.4, 0.5) is 0 Å². The van der Waals surface area contributed by atoms with E-state index in [1.165, 1.54) is 0 Å². The smallest absolute Gasteiger partial charge is 0.0888 e. The molecule has 0 spiro atoms. The minimum absolute atomic E-state index is 0.480. The van der Waals surface area contributed by atoms with Gasteiger partial charge in [-0.25, -0.2) is 0 Å². The number of hydrogen-bond acceptors (Lipinski definition) is 3. The van der Waals surface area contributed by atoms with E-state index < -0.39 is 0 Å². The summed E-state index contributed by atoms with van der Waals surface area (Å²) in [6.45, 7) is 4.20. The standard InChI is InChI=1S/C8H11N3/c1-7(9)11-6-8-3-2-4-10-5-8/h2-5,11H,1,6,9H2. The SMILES string of the molecule is C=C(N)NCc1cccnc1. The van der Waals surface area contributed by atoms with E-state index in [4.69, 9.17) is 5.73 Å². The molecule has 3 N–H and O–H groups in total. The number of nitrogens with zero attached hydrogens (tertiary/aromatic N) is 1. The Morgan fingerprint density at radius 1 is 1.73 bits per heavy atom. The molecule has 0 bridgehead atoms. The van der Waals surface area contributed by atoms with Crippen molar-refractivity contribution in [1.29, 1.82) is 0 Å². The van der Waals surface area contributed by atoms with Gasteiger partial charge in [-0.2, -0.15) is 0 Å². The molecule has 1 aromatic heterocycles. The molecule has 0 saturated heterocycles. The van der Waals surface area contributed by atoms with Crippen LogP contribution < -0.4 is 11.1 Å². The maximum atomic E-state index is 5.31. The van der Waals surface area contributed by atoms with Crippen molar-refractivity contribution in [2.24, 2.45) is 5.73 Å². The lowest BCUT2D eigenvalue weighted by Crippen LogP contribution is -2.17. The molecule has 0 aliphatic carbocycles. The normalized spacial score (nSPS) is 9.09. The summed E-state index contributed by atoms with van der Waals surface area (Å²) in [6.07, 6.45) is 3.52. The Balaban J connectivity index is 2.45. The van der Waals surface area contributed by atoms with E-state index in [-0.39, 0.29) is 0 Å². The molecule has 0 unspecified atom stereocenters. The van der Waals surface area contributed by atoms with Crippen LogP contribution in [0, 0.1) is 0 Å². The Kier molecular flexibility index (Phi) is 2.49. The Hall–Kier alpha value is -1.51. The van der Waals surface area contributed by atoms with Crippen LogP contribution in [0.1, 0.15) is 5.56 Å². The lowest BCUT2D eigenvalue weighted by atomic mass is 10.3. The second-order valence-corrected chi connectivity index (χ2v) is 2.24. The van der Waals surface area contributed by atoms with Gasteiger partial charge in [-0.15, -0.1) is 0 Å². The van der Waals surface area contributed by atoms with Gasteiger partial charge in [0.25, 0.3) is 0 Å². The second kappa shape index (κ2) is 3.61. The zero-order chi connectivity index (χ0) is 8.10. The first kappa shape index (κ1) is 7.60. The van der Waals surface area contributed by atoms with Crippen LogP contribution in [-0.2, 0) is 6.54 Å². The summed E-state index contributed by atoms with van der Waals surface area (Å²) in [5.41, 5.74) is 6.41. The van der Waals surface area contributed by atoms with Crippen LogP contribution in [0.25, 0.3) is 0 Å². The van der Waals surface area contributed by atoms with Crippen LogP contribution >= 0.6 is 0 Å². The van der Waals surface area contributed by atoms with Crippen molar-refractivity contribution in [2.45, 2.75) is 6.54 Å². The third kappa shape index (κ3) is 2.71. The molecular formula is C8H11N3. The average Bonchev–Trinajstić information content (AvgIpc) is 2.03. The Morgan fingerprint density at radius 2 is 2.55 bits per heavy atom. The number of nitrogens with one attached hydrogen (secondary N) is 1. The third-order valence-electron chi connectivity index (χ3n) is 1.24. The highest BCUT2D eigenvalue weighted by Crippen LogP contribution is 1.93. The Labute approximate surface area is 65.9 Å². The van der Waals surface area contributed by atoms with Gasteiger partial charge in [-0.1, -0.05) is 12.6 Å². The predicted molar refractivity (Wildman–Crippen MR) is 44.4 cm³/mol. The maximum Gasteiger partial charge on any atom is 0.0888 e. The van der Waals surface area contributed by atoms with E-state index >= 15 is 0 Å². The van der Waals surface area contributed by atoms with E-state index in [0.29, 0.717) is 12.4 Å². The van der Waals surface area contributed by atoms with Crippen molar-refractivity contribution in [3.05, 3.63) is 42.5 Å². The molecular weight excluding hydrogens is 138 g/mol. The van der Waals surface area contributed by atoms with Crippen LogP contribution in [0.3, 0.4) is 0 Å². The summed E-state index contributed by atoms with van der Waals surface area (Å²) in [5, 5.41) is 2.91. The summed E-state index contributed by atoms with van der Waals surface area (Å²) < 4.78 is 0. The highest BCUT2D eigenvalue weighted by atomic mass is 15.0. The molecule has 0 aliphatic heterocycles. The summed E-state index contributed by atoms with van der Waals surface area (Å²) in [7, 11) is 0. The van der Waals surface area contributed by atoms with Crippen LogP contribution in [0.5, 0.6) is 0 Å². The topological polar surface area (TPSA) is 50.9 Å². The molecule has 58 valence electrons. The predicted octanol–water partition coefficient (Wildman–Crippen LogP) is 0.601. The van der Waals surface area contributed by atoms with Crippen molar-refractivity contribution in [3.8, 4) is 0 Å². The molecule has 0 saturated carbocycles. The van der Waals surface area contributed by atoms with Crippen LogP contribution in [0.15, 0.2) is 36.9 Å². The van der Waals surface area contributed by atoms with Gasteiger partial charge in [0.05, 0.1) is 5.82 Å². The molecule has 3 heteroatoms. The summed E-state index contributed by atoms with van der Waals surface area (Å²) >= 11 is 0. The van der Waals surface area contributed by atoms with Gasteiger partial charge < -0.3 is 11.1 Å². The first-order valence-electron chi connectivity index (χ1n) is 3.36. The van der Waals surface area contributed by atoms with Gasteiger partial charge in [-0.05, 0) is 11.6 Å². The highest BCUT2D eigenvalue weighted by Gasteiger charge is 1.88. The first-order valence-corrected chi connectivity index (χ1v) is 3.36. The first-order chi connectivity index (χ1) is 5.29. The van der Waals surface area contributed by atoms with Crippen molar-refractivity contribution >= 4 is 0 Å². The fourth-order valence-electron chi connectivity index (χ4n) is 0.718. The maximum absolute atomic E-state index is 5.31. The summed E-state index contributed by atoms with van der Waals surface area (Å²) in [5.74, 6) is 0.480. The molecule has 1 rings (SSSR count). The van der Waals surface area contributed by atoms with Gasteiger partial charge in [0, 0.05) is 18.9 Å². The molecule has 11 heavy (non-hydrogen) atoms. The number of nitrogens with two attached hydrogens (primary N) is 1. The van der Waals surface area contributed by atoms with Crippen LogP contribution in [-0.4, -0.2) is 4.98 Å². The van der Waals surface area contributed by atoms with Crippen molar-refractivity contribution in [1.82, 2.24) is 10.3 Å². The second-order valence-electron chi connectivity index (χ2n) is 2.24. The van der Waals surface area contributed by atoms with Crippen molar-refractivity contribution in [2.75, 3.05) is 0 Å². The van der Waals surface area contributed by atoms with Crippen molar-refractivity contribution < 1.29 is 0 Å². The Morgan fingerprint density at radius 3 is 3.09 bits per heavy atom. The minimum atomic E-state index is 0.480. The summed E-state index contributed by atoms with van der Waals surface area (Å²) in [6, 6.07) is 3.86. The van der Waals surface area contributed by atoms with Crippen molar-refractivity contribution in [3.63, 3.8) is 0 Å². The van der Waals surface area contributed by atoms with Gasteiger partial charge in [0.1, 0.15) is 0 Å². The number of aromatic nitrogens is 1. The molecule has 0 atom stereocenters. The van der Waals surface area contributed by atoms with Crippen LogP contribution in [0.2, 0.25) is 0 Å². The van der Waals surface area contributed by atoms with E-state index in [2.05, 4.69) is 16.9 Å². The van der Waals surface area contributed by atoms with Gasteiger partial charge in [-0.3, -0.25) is 4.98 Å².